The first kappa shape index (κ1) is 20.9. The van der Waals surface area contributed by atoms with Crippen LogP contribution in [0.15, 0.2) is 45.9 Å². The molecule has 1 aromatic carbocycles. The van der Waals surface area contributed by atoms with E-state index in [2.05, 4.69) is 9.71 Å². The van der Waals surface area contributed by atoms with Gasteiger partial charge in [-0.05, 0) is 44.4 Å². The highest BCUT2D eigenvalue weighted by Gasteiger charge is 2.28. The van der Waals surface area contributed by atoms with Crippen molar-refractivity contribution in [2.45, 2.75) is 37.1 Å². The van der Waals surface area contributed by atoms with Crippen LogP contribution in [0.2, 0.25) is 0 Å². The minimum absolute atomic E-state index is 0.00788. The predicted molar refractivity (Wildman–Crippen MR) is 101 cm³/mol. The van der Waals surface area contributed by atoms with Gasteiger partial charge in [0.25, 0.3) is 0 Å². The summed E-state index contributed by atoms with van der Waals surface area (Å²) in [6.45, 7) is 1.85. The van der Waals surface area contributed by atoms with E-state index in [4.69, 9.17) is 15.7 Å². The monoisotopic (exact) mass is 396 g/mol. The number of ether oxygens (including phenoxy) is 1. The van der Waals surface area contributed by atoms with E-state index >= 15 is 0 Å². The van der Waals surface area contributed by atoms with Gasteiger partial charge in [0, 0.05) is 17.5 Å². The van der Waals surface area contributed by atoms with E-state index in [-0.39, 0.29) is 23.7 Å². The Hall–Kier alpha value is -2.43. The van der Waals surface area contributed by atoms with Gasteiger partial charge in [0.1, 0.15) is 6.54 Å². The van der Waals surface area contributed by atoms with Gasteiger partial charge in [0.15, 0.2) is 0 Å². The Morgan fingerprint density at radius 3 is 2.93 bits per heavy atom. The Morgan fingerprint density at radius 1 is 1.48 bits per heavy atom. The first-order valence-electron chi connectivity index (χ1n) is 8.55. The molecule has 1 aromatic rings. The normalized spacial score (nSPS) is 20.6. The third-order valence-corrected chi connectivity index (χ3v) is 5.54. The fourth-order valence-electron chi connectivity index (χ4n) is 2.83. The molecule has 9 nitrogen and oxygen atoms in total. The van der Waals surface area contributed by atoms with E-state index in [9.17, 15) is 13.2 Å². The average Bonchev–Trinajstić information content (AvgIpc) is 2.66. The molecule has 1 aliphatic rings. The zero-order valence-electron chi connectivity index (χ0n) is 15.0. The molecule has 0 radical (unpaired) electrons. The highest BCUT2D eigenvalue weighted by molar-refractivity contribution is 7.89. The lowest BCUT2D eigenvalue weighted by Gasteiger charge is -2.27. The SMILES string of the molecule is CCOC(=O)CN=C1CCCC(NS(=O)(=O)c2cccc(NO)c2)C1=CN. The smallest absolute Gasteiger partial charge is 0.327 e. The number of nitrogens with zero attached hydrogens (tertiary/aromatic N) is 1. The van der Waals surface area contributed by atoms with Crippen LogP contribution in [0.5, 0.6) is 0 Å². The number of sulfonamides is 1. The lowest BCUT2D eigenvalue weighted by molar-refractivity contribution is -0.141. The Morgan fingerprint density at radius 2 is 2.26 bits per heavy atom. The zero-order valence-corrected chi connectivity index (χ0v) is 15.8. The Bertz CT molecular complexity index is 835. The summed E-state index contributed by atoms with van der Waals surface area (Å²) in [5.41, 5.74) is 9.03. The molecule has 1 aliphatic carbocycles. The number of benzene rings is 1. The second-order valence-corrected chi connectivity index (χ2v) is 7.61. The molecule has 2 rings (SSSR count). The molecule has 0 spiro atoms. The topological polar surface area (TPSA) is 143 Å². The zero-order chi connectivity index (χ0) is 19.9. The number of rotatable bonds is 7. The van der Waals surface area contributed by atoms with Crippen molar-refractivity contribution in [2.75, 3.05) is 18.6 Å². The Kier molecular flexibility index (Phi) is 7.34. The molecule has 27 heavy (non-hydrogen) atoms. The molecular weight excluding hydrogens is 372 g/mol. The summed E-state index contributed by atoms with van der Waals surface area (Å²) in [4.78, 5) is 15.8. The summed E-state index contributed by atoms with van der Waals surface area (Å²) in [7, 11) is -3.84. The number of hydrogen-bond donors (Lipinski definition) is 4. The molecule has 0 aromatic heterocycles. The van der Waals surface area contributed by atoms with Gasteiger partial charge in [-0.2, -0.15) is 0 Å². The van der Waals surface area contributed by atoms with Crippen LogP contribution in [0.3, 0.4) is 0 Å². The summed E-state index contributed by atoms with van der Waals surface area (Å²) in [6, 6.07) is 5.23. The maximum atomic E-state index is 12.7. The van der Waals surface area contributed by atoms with Crippen LogP contribution in [-0.4, -0.2) is 44.5 Å². The predicted octanol–water partition coefficient (Wildman–Crippen LogP) is 1.17. The molecule has 1 saturated carbocycles. The van der Waals surface area contributed by atoms with Crippen molar-refractivity contribution >= 4 is 27.4 Å². The maximum Gasteiger partial charge on any atom is 0.327 e. The average molecular weight is 396 g/mol. The van der Waals surface area contributed by atoms with Crippen LogP contribution in [-0.2, 0) is 19.6 Å². The van der Waals surface area contributed by atoms with Crippen molar-refractivity contribution in [2.24, 2.45) is 10.7 Å². The molecule has 1 fully saturated rings. The lowest BCUT2D eigenvalue weighted by atomic mass is 9.89. The fraction of sp³-hybridized carbons (Fsp3) is 0.412. The lowest BCUT2D eigenvalue weighted by Crippen LogP contribution is -2.41. The minimum atomic E-state index is -3.84. The standard InChI is InChI=1S/C17H24N4O5S/c1-2-26-17(22)11-19-15-7-4-8-16(14(15)10-18)21-27(24,25)13-6-3-5-12(9-13)20-23/h3,5-6,9-10,16,20-21,23H,2,4,7-8,11,18H2,1H3. The second-order valence-electron chi connectivity index (χ2n) is 5.90. The summed E-state index contributed by atoms with van der Waals surface area (Å²) < 4.78 is 32.8. The Labute approximate surface area is 158 Å². The molecule has 148 valence electrons. The first-order valence-corrected chi connectivity index (χ1v) is 10.0. The third-order valence-electron chi connectivity index (χ3n) is 4.07. The van der Waals surface area contributed by atoms with E-state index in [1.54, 1.807) is 6.92 Å². The van der Waals surface area contributed by atoms with Crippen LogP contribution in [0.25, 0.3) is 0 Å². The van der Waals surface area contributed by atoms with Crippen LogP contribution >= 0.6 is 0 Å². The largest absolute Gasteiger partial charge is 0.465 e. The minimum Gasteiger partial charge on any atom is -0.465 e. The van der Waals surface area contributed by atoms with Crippen molar-refractivity contribution in [3.8, 4) is 0 Å². The van der Waals surface area contributed by atoms with Gasteiger partial charge in [-0.1, -0.05) is 6.07 Å². The molecule has 0 bridgehead atoms. The summed E-state index contributed by atoms with van der Waals surface area (Å²) in [6.07, 6.45) is 3.18. The van der Waals surface area contributed by atoms with Crippen molar-refractivity contribution < 1.29 is 23.2 Å². The van der Waals surface area contributed by atoms with Gasteiger partial charge < -0.3 is 10.5 Å². The molecule has 10 heteroatoms. The van der Waals surface area contributed by atoms with E-state index in [1.807, 2.05) is 5.48 Å². The second kappa shape index (κ2) is 9.49. The van der Waals surface area contributed by atoms with Crippen LogP contribution in [0.4, 0.5) is 5.69 Å². The number of carbonyl (C=O) groups is 1. The molecule has 0 aliphatic heterocycles. The van der Waals surface area contributed by atoms with E-state index in [1.165, 1.54) is 30.5 Å². The van der Waals surface area contributed by atoms with Gasteiger partial charge in [-0.25, -0.2) is 13.1 Å². The number of carbonyl (C=O) groups excluding carboxylic acids is 1. The number of nitrogens with two attached hydrogens (primary N) is 1. The number of aliphatic imine (C=N–C) groups is 1. The van der Waals surface area contributed by atoms with Gasteiger partial charge in [0.2, 0.25) is 10.0 Å². The fourth-order valence-corrected chi connectivity index (χ4v) is 4.13. The molecule has 0 amide bonds. The molecule has 1 atom stereocenters. The van der Waals surface area contributed by atoms with E-state index < -0.39 is 22.0 Å². The molecule has 0 heterocycles. The van der Waals surface area contributed by atoms with Gasteiger partial charge in [0.05, 0.1) is 23.2 Å². The van der Waals surface area contributed by atoms with Crippen molar-refractivity contribution in [1.29, 1.82) is 0 Å². The summed E-state index contributed by atoms with van der Waals surface area (Å²) in [5.74, 6) is -0.447. The van der Waals surface area contributed by atoms with Gasteiger partial charge in [-0.3, -0.25) is 20.5 Å². The van der Waals surface area contributed by atoms with E-state index in [0.717, 1.165) is 0 Å². The molecule has 1 unspecified atom stereocenters. The third kappa shape index (κ3) is 5.52. The van der Waals surface area contributed by atoms with Crippen molar-refractivity contribution in [3.63, 3.8) is 0 Å². The van der Waals surface area contributed by atoms with E-state index in [0.29, 0.717) is 30.5 Å². The quantitative estimate of drug-likeness (QED) is 0.400. The molecular formula is C17H24N4O5S. The Balaban J connectivity index is 2.19. The first-order chi connectivity index (χ1) is 12.9. The highest BCUT2D eigenvalue weighted by atomic mass is 32.2. The summed E-state index contributed by atoms with van der Waals surface area (Å²) >= 11 is 0. The molecule has 0 saturated heterocycles. The van der Waals surface area contributed by atoms with Crippen LogP contribution in [0, 0.1) is 0 Å². The van der Waals surface area contributed by atoms with Crippen LogP contribution < -0.4 is 15.9 Å². The van der Waals surface area contributed by atoms with Gasteiger partial charge in [-0.15, -0.1) is 0 Å². The van der Waals surface area contributed by atoms with Crippen molar-refractivity contribution in [3.05, 3.63) is 36.0 Å². The number of nitrogens with one attached hydrogen (secondary N) is 2. The number of hydrogen-bond acceptors (Lipinski definition) is 8. The highest BCUT2D eigenvalue weighted by Crippen LogP contribution is 2.24. The van der Waals surface area contributed by atoms with Crippen molar-refractivity contribution in [1.82, 2.24) is 4.72 Å². The number of esters is 1. The maximum absolute atomic E-state index is 12.7. The van der Waals surface area contributed by atoms with Gasteiger partial charge >= 0.3 is 5.97 Å². The molecule has 5 N–H and O–H groups in total. The van der Waals surface area contributed by atoms with Crippen LogP contribution in [0.1, 0.15) is 26.2 Å². The number of anilines is 1. The summed E-state index contributed by atoms with van der Waals surface area (Å²) in [5, 5.41) is 8.96.